The van der Waals surface area contributed by atoms with Crippen molar-refractivity contribution in [3.05, 3.63) is 72.3 Å². The van der Waals surface area contributed by atoms with E-state index in [1.165, 1.54) is 32.3 Å². The predicted octanol–water partition coefficient (Wildman–Crippen LogP) is 5.97. The van der Waals surface area contributed by atoms with Crippen LogP contribution < -0.4 is 33.9 Å². The number of hydrogen-bond acceptors (Lipinski definition) is 11. The van der Waals surface area contributed by atoms with Crippen molar-refractivity contribution in [3.8, 4) is 40.1 Å². The molecule has 0 radical (unpaired) electrons. The second-order valence-electron chi connectivity index (χ2n) is 10.9. The Bertz CT molecular complexity index is 1730. The van der Waals surface area contributed by atoms with E-state index in [9.17, 15) is 9.59 Å². The van der Waals surface area contributed by atoms with Gasteiger partial charge in [0.25, 0.3) is 5.91 Å². The van der Waals surface area contributed by atoms with Crippen LogP contribution in [-0.2, 0) is 0 Å². The number of benzene rings is 3. The first-order valence-electron chi connectivity index (χ1n) is 15.8. The van der Waals surface area contributed by atoms with Crippen LogP contribution in [0.15, 0.2) is 66.7 Å². The molecule has 49 heavy (non-hydrogen) atoms. The first kappa shape index (κ1) is 36.3. The predicted molar refractivity (Wildman–Crippen MR) is 189 cm³/mol. The lowest BCUT2D eigenvalue weighted by Gasteiger charge is -2.23. The number of para-hydroxylation sites is 1. The third-order valence-corrected chi connectivity index (χ3v) is 7.98. The summed E-state index contributed by atoms with van der Waals surface area (Å²) in [6.45, 7) is 7.50. The van der Waals surface area contributed by atoms with Crippen LogP contribution in [0.2, 0.25) is 0 Å². The number of anilines is 3. The summed E-state index contributed by atoms with van der Waals surface area (Å²) in [6, 6.07) is 19.0. The van der Waals surface area contributed by atoms with Crippen LogP contribution in [0.4, 0.5) is 22.1 Å². The molecule has 0 saturated heterocycles. The fourth-order valence-corrected chi connectivity index (χ4v) is 5.05. The van der Waals surface area contributed by atoms with E-state index in [0.29, 0.717) is 57.7 Å². The van der Waals surface area contributed by atoms with Crippen LogP contribution in [0.3, 0.4) is 0 Å². The summed E-state index contributed by atoms with van der Waals surface area (Å²) in [7, 11) is 9.47. The Morgan fingerprint density at radius 2 is 1.49 bits per heavy atom. The van der Waals surface area contributed by atoms with Crippen molar-refractivity contribution < 1.29 is 33.3 Å². The second-order valence-corrected chi connectivity index (χ2v) is 10.9. The number of carbonyl (C=O) groups excluding carboxylic acids is 2. The molecule has 13 heteroatoms. The van der Waals surface area contributed by atoms with Gasteiger partial charge in [-0.05, 0) is 61.6 Å². The molecule has 0 spiro atoms. The first-order chi connectivity index (χ1) is 23.6. The molecule has 13 nitrogen and oxygen atoms in total. The third kappa shape index (κ3) is 8.87. The Labute approximate surface area is 287 Å². The molecule has 260 valence electrons. The molecule has 0 fully saturated rings. The monoisotopic (exact) mass is 672 g/mol. The van der Waals surface area contributed by atoms with Crippen LogP contribution in [0, 0.1) is 0 Å². The Balaban J connectivity index is 1.64. The Hall–Kier alpha value is -5.56. The van der Waals surface area contributed by atoms with Crippen LogP contribution in [0.1, 0.15) is 24.2 Å². The van der Waals surface area contributed by atoms with Gasteiger partial charge in [-0.25, -0.2) is 9.78 Å². The molecule has 1 aromatic heterocycles. The summed E-state index contributed by atoms with van der Waals surface area (Å²) >= 11 is 0. The Kier molecular flexibility index (Phi) is 12.6. The molecule has 4 aromatic rings. The van der Waals surface area contributed by atoms with E-state index in [0.717, 1.165) is 19.6 Å². The Morgan fingerprint density at radius 3 is 2.12 bits per heavy atom. The van der Waals surface area contributed by atoms with Crippen LogP contribution in [-0.4, -0.2) is 100 Å². The fourth-order valence-electron chi connectivity index (χ4n) is 5.05. The minimum absolute atomic E-state index is 0.0299. The third-order valence-electron chi connectivity index (χ3n) is 7.98. The number of methoxy groups -OCH3 is 4. The Morgan fingerprint density at radius 1 is 0.776 bits per heavy atom. The molecule has 0 aliphatic heterocycles. The highest BCUT2D eigenvalue weighted by atomic mass is 16.6. The summed E-state index contributed by atoms with van der Waals surface area (Å²) in [4.78, 5) is 41.0. The van der Waals surface area contributed by atoms with Crippen molar-refractivity contribution in [1.29, 1.82) is 0 Å². The minimum Gasteiger partial charge on any atom is -0.497 e. The van der Waals surface area contributed by atoms with Crippen molar-refractivity contribution in [2.45, 2.75) is 13.8 Å². The summed E-state index contributed by atoms with van der Waals surface area (Å²) < 4.78 is 27.7. The molecule has 0 saturated carbocycles. The number of rotatable bonds is 15. The van der Waals surface area contributed by atoms with Gasteiger partial charge in [-0.2, -0.15) is 4.98 Å². The highest BCUT2D eigenvalue weighted by Crippen LogP contribution is 2.38. The summed E-state index contributed by atoms with van der Waals surface area (Å²) in [5, 5.41) is 3.17. The molecule has 0 bridgehead atoms. The van der Waals surface area contributed by atoms with Crippen molar-refractivity contribution in [2.24, 2.45) is 0 Å². The van der Waals surface area contributed by atoms with Gasteiger partial charge in [-0.15, -0.1) is 0 Å². The van der Waals surface area contributed by atoms with Gasteiger partial charge in [0.1, 0.15) is 11.5 Å². The number of nitrogens with zero attached hydrogens (tertiary/aromatic N) is 5. The quantitative estimate of drug-likeness (QED) is 0.160. The van der Waals surface area contributed by atoms with E-state index < -0.39 is 6.09 Å². The summed E-state index contributed by atoms with van der Waals surface area (Å²) in [6.07, 6.45) is -0.729. The molecule has 0 aliphatic rings. The van der Waals surface area contributed by atoms with E-state index in [4.69, 9.17) is 28.7 Å². The summed E-state index contributed by atoms with van der Waals surface area (Å²) in [5.74, 6) is 1.96. The van der Waals surface area contributed by atoms with E-state index >= 15 is 0 Å². The molecule has 2 amide bonds. The normalized spacial score (nSPS) is 10.7. The molecule has 3 aromatic carbocycles. The number of likely N-dealkylation sites (N-methyl/N-ethyl adjacent to an activating group) is 2. The van der Waals surface area contributed by atoms with Crippen molar-refractivity contribution in [2.75, 3.05) is 78.9 Å². The summed E-state index contributed by atoms with van der Waals surface area (Å²) in [5.41, 5.74) is 2.59. The number of nitrogens with one attached hydrogen (secondary N) is 1. The van der Waals surface area contributed by atoms with Gasteiger partial charge in [0, 0.05) is 56.1 Å². The van der Waals surface area contributed by atoms with Gasteiger partial charge in [-0.3, -0.25) is 9.69 Å². The maximum absolute atomic E-state index is 13.4. The van der Waals surface area contributed by atoms with Gasteiger partial charge in [0.2, 0.25) is 11.8 Å². The zero-order valence-corrected chi connectivity index (χ0v) is 29.3. The minimum atomic E-state index is -0.729. The zero-order chi connectivity index (χ0) is 35.5. The molecule has 0 atom stereocenters. The lowest BCUT2D eigenvalue weighted by atomic mass is 10.1. The van der Waals surface area contributed by atoms with E-state index in [1.54, 1.807) is 80.7 Å². The molecule has 0 unspecified atom stereocenters. The maximum Gasteiger partial charge on any atom is 0.420 e. The number of ether oxygens (including phenoxy) is 5. The van der Waals surface area contributed by atoms with Crippen molar-refractivity contribution in [3.63, 3.8) is 0 Å². The zero-order valence-electron chi connectivity index (χ0n) is 29.3. The lowest BCUT2D eigenvalue weighted by molar-refractivity contribution is 0.0779. The van der Waals surface area contributed by atoms with Gasteiger partial charge < -0.3 is 38.8 Å². The average molecular weight is 673 g/mol. The van der Waals surface area contributed by atoms with Crippen LogP contribution in [0.25, 0.3) is 11.3 Å². The van der Waals surface area contributed by atoms with Gasteiger partial charge >= 0.3 is 6.09 Å². The highest BCUT2D eigenvalue weighted by Gasteiger charge is 2.22. The topological polar surface area (TPSA) is 128 Å². The second kappa shape index (κ2) is 17.0. The molecule has 0 aliphatic carbocycles. The first-order valence-corrected chi connectivity index (χ1v) is 15.8. The van der Waals surface area contributed by atoms with Crippen LogP contribution >= 0.6 is 0 Å². The fraction of sp³-hybridized carbons (Fsp3) is 0.333. The number of aromatic nitrogens is 2. The SMILES string of the molecule is CCN(CC)CCN(C)C(=O)c1ccc(Nc2nc(OC(=O)N(C)c3cc(OC)ccc3OC)cc(-c3cccc(OC)c3OC)n2)cc1. The molecule has 1 N–H and O–H groups in total. The maximum atomic E-state index is 13.4. The molecule has 4 rings (SSSR count). The van der Waals surface area contributed by atoms with Gasteiger partial charge in [0.05, 0.1) is 39.8 Å². The molecular formula is C36H44N6O7. The van der Waals surface area contributed by atoms with E-state index in [1.807, 2.05) is 6.07 Å². The van der Waals surface area contributed by atoms with Crippen molar-refractivity contribution >= 4 is 29.3 Å². The number of hydrogen-bond donors (Lipinski definition) is 1. The lowest BCUT2D eigenvalue weighted by Crippen LogP contribution is -2.36. The van der Waals surface area contributed by atoms with Crippen molar-refractivity contribution in [1.82, 2.24) is 19.8 Å². The largest absolute Gasteiger partial charge is 0.497 e. The smallest absolute Gasteiger partial charge is 0.420 e. The van der Waals surface area contributed by atoms with E-state index in [2.05, 4.69) is 29.0 Å². The number of amides is 2. The average Bonchev–Trinajstić information content (AvgIpc) is 3.13. The standard InChI is InChI=1S/C36H44N6O7/c1-9-42(10-2)21-20-40(3)34(43)24-14-16-25(17-15-24)37-35-38-28(27-12-11-13-31(47-7)33(27)48-8)23-32(39-35)49-36(44)41(4)29-22-26(45-5)18-19-30(29)46-6/h11-19,22-23H,9-10,20-21H2,1-8H3,(H,37,38,39). The van der Waals surface area contributed by atoms with Crippen LogP contribution in [0.5, 0.6) is 28.9 Å². The molecule has 1 heterocycles. The number of carbonyl (C=O) groups is 2. The van der Waals surface area contributed by atoms with Gasteiger partial charge in [-0.1, -0.05) is 19.9 Å². The van der Waals surface area contributed by atoms with Gasteiger partial charge in [0.15, 0.2) is 11.5 Å². The highest BCUT2D eigenvalue weighted by molar-refractivity contribution is 5.94. The molecular weight excluding hydrogens is 628 g/mol. The van der Waals surface area contributed by atoms with E-state index in [-0.39, 0.29) is 17.7 Å².